The molecule has 0 aliphatic carbocycles. The van der Waals surface area contributed by atoms with Crippen LogP contribution in [-0.2, 0) is 0 Å². The normalized spacial score (nSPS) is 17.4. The molecule has 0 saturated carbocycles. The molecule has 1 aromatic carbocycles. The van der Waals surface area contributed by atoms with Crippen LogP contribution in [0.1, 0.15) is 24.8 Å². The van der Waals surface area contributed by atoms with Crippen LogP contribution in [0.15, 0.2) is 24.3 Å². The number of hydrogen-bond acceptors (Lipinski definition) is 2. The van der Waals surface area contributed by atoms with Gasteiger partial charge in [0.2, 0.25) is 0 Å². The summed E-state index contributed by atoms with van der Waals surface area (Å²) >= 11 is 0. The van der Waals surface area contributed by atoms with Crippen molar-refractivity contribution in [3.05, 3.63) is 29.8 Å². The van der Waals surface area contributed by atoms with Gasteiger partial charge in [-0.1, -0.05) is 19.1 Å². The summed E-state index contributed by atoms with van der Waals surface area (Å²) in [6.07, 6.45) is 0.970. The molecule has 0 radical (unpaired) electrons. The van der Waals surface area contributed by atoms with Gasteiger partial charge in [0.05, 0.1) is 0 Å². The highest BCUT2D eigenvalue weighted by atomic mass is 16.2. The fourth-order valence-corrected chi connectivity index (χ4v) is 2.30. The molecule has 2 N–H and O–H groups in total. The van der Waals surface area contributed by atoms with Crippen LogP contribution < -0.4 is 10.6 Å². The number of benzene rings is 1. The molecular weight excluding hydrogens is 226 g/mol. The SMILES string of the molecule is CC(CCN)c1cccc(N2CCN(C)C2=O)c1. The lowest BCUT2D eigenvalue weighted by molar-refractivity contribution is 0.229. The zero-order valence-electron chi connectivity index (χ0n) is 11.1. The van der Waals surface area contributed by atoms with E-state index in [1.54, 1.807) is 4.90 Å². The van der Waals surface area contributed by atoms with E-state index in [4.69, 9.17) is 5.73 Å². The van der Waals surface area contributed by atoms with Crippen molar-refractivity contribution in [3.63, 3.8) is 0 Å². The molecular formula is C14H21N3O. The molecule has 2 rings (SSSR count). The number of amides is 2. The van der Waals surface area contributed by atoms with Crippen molar-refractivity contribution < 1.29 is 4.79 Å². The maximum Gasteiger partial charge on any atom is 0.324 e. The van der Waals surface area contributed by atoms with Crippen molar-refractivity contribution in [2.45, 2.75) is 19.3 Å². The van der Waals surface area contributed by atoms with Crippen LogP contribution in [0.2, 0.25) is 0 Å². The van der Waals surface area contributed by atoms with E-state index in [-0.39, 0.29) is 6.03 Å². The molecule has 1 aliphatic rings. The van der Waals surface area contributed by atoms with Crippen LogP contribution in [0, 0.1) is 0 Å². The van der Waals surface area contributed by atoms with E-state index in [0.29, 0.717) is 12.5 Å². The molecule has 0 aromatic heterocycles. The second-order valence-electron chi connectivity index (χ2n) is 4.93. The standard InChI is InChI=1S/C14H21N3O/c1-11(6-7-15)12-4-3-5-13(10-12)17-9-8-16(2)14(17)18/h3-5,10-11H,6-9,15H2,1-2H3. The number of carbonyl (C=O) groups is 1. The second-order valence-corrected chi connectivity index (χ2v) is 4.93. The largest absolute Gasteiger partial charge is 0.330 e. The first kappa shape index (κ1) is 12.9. The van der Waals surface area contributed by atoms with Crippen LogP contribution in [0.3, 0.4) is 0 Å². The topological polar surface area (TPSA) is 49.6 Å². The van der Waals surface area contributed by atoms with Gasteiger partial charge in [0, 0.05) is 25.8 Å². The van der Waals surface area contributed by atoms with E-state index < -0.39 is 0 Å². The summed E-state index contributed by atoms with van der Waals surface area (Å²) in [5.41, 5.74) is 7.84. The van der Waals surface area contributed by atoms with Crippen LogP contribution in [0.4, 0.5) is 10.5 Å². The molecule has 2 amide bonds. The van der Waals surface area contributed by atoms with Gasteiger partial charge in [-0.2, -0.15) is 0 Å². The van der Waals surface area contributed by atoms with Gasteiger partial charge in [-0.25, -0.2) is 4.79 Å². The van der Waals surface area contributed by atoms with Crippen molar-refractivity contribution in [2.24, 2.45) is 5.73 Å². The Morgan fingerprint density at radius 3 is 2.78 bits per heavy atom. The maximum absolute atomic E-state index is 11.9. The zero-order valence-corrected chi connectivity index (χ0v) is 11.1. The number of hydrogen-bond donors (Lipinski definition) is 1. The lowest BCUT2D eigenvalue weighted by Gasteiger charge is -2.18. The molecule has 1 saturated heterocycles. The van der Waals surface area contributed by atoms with Crippen LogP contribution in [0.25, 0.3) is 0 Å². The van der Waals surface area contributed by atoms with Gasteiger partial charge in [0.1, 0.15) is 0 Å². The highest BCUT2D eigenvalue weighted by molar-refractivity contribution is 5.94. The third-order valence-electron chi connectivity index (χ3n) is 3.57. The number of anilines is 1. The Bertz CT molecular complexity index is 433. The summed E-state index contributed by atoms with van der Waals surface area (Å²) in [5.74, 6) is 0.436. The lowest BCUT2D eigenvalue weighted by atomic mass is 9.97. The van der Waals surface area contributed by atoms with Gasteiger partial charge in [-0.3, -0.25) is 4.90 Å². The van der Waals surface area contributed by atoms with Gasteiger partial charge in [0.15, 0.2) is 0 Å². The molecule has 1 heterocycles. The summed E-state index contributed by atoms with van der Waals surface area (Å²) in [5, 5.41) is 0. The minimum absolute atomic E-state index is 0.0821. The Morgan fingerprint density at radius 1 is 1.39 bits per heavy atom. The average Bonchev–Trinajstić information content (AvgIpc) is 2.71. The number of likely N-dealkylation sites (N-methyl/N-ethyl adjacent to an activating group) is 1. The van der Waals surface area contributed by atoms with Crippen LogP contribution in [0.5, 0.6) is 0 Å². The van der Waals surface area contributed by atoms with Crippen molar-refractivity contribution in [1.82, 2.24) is 4.90 Å². The molecule has 1 aromatic rings. The number of urea groups is 1. The highest BCUT2D eigenvalue weighted by Gasteiger charge is 2.26. The predicted octanol–water partition coefficient (Wildman–Crippen LogP) is 2.01. The van der Waals surface area contributed by atoms with Gasteiger partial charge < -0.3 is 10.6 Å². The molecule has 1 aliphatic heterocycles. The Hall–Kier alpha value is -1.55. The molecule has 0 spiro atoms. The van der Waals surface area contributed by atoms with E-state index in [2.05, 4.69) is 19.1 Å². The van der Waals surface area contributed by atoms with Gasteiger partial charge in [-0.15, -0.1) is 0 Å². The van der Waals surface area contributed by atoms with Gasteiger partial charge >= 0.3 is 6.03 Å². The van der Waals surface area contributed by atoms with E-state index in [1.165, 1.54) is 5.56 Å². The average molecular weight is 247 g/mol. The van der Waals surface area contributed by atoms with Crippen molar-refractivity contribution >= 4 is 11.7 Å². The van der Waals surface area contributed by atoms with E-state index in [9.17, 15) is 4.79 Å². The molecule has 1 atom stereocenters. The molecule has 4 nitrogen and oxygen atoms in total. The Balaban J connectivity index is 2.19. The van der Waals surface area contributed by atoms with Crippen molar-refractivity contribution in [3.8, 4) is 0 Å². The van der Waals surface area contributed by atoms with Gasteiger partial charge in [-0.05, 0) is 36.6 Å². The summed E-state index contributed by atoms with van der Waals surface area (Å²) < 4.78 is 0. The third kappa shape index (κ3) is 2.48. The Morgan fingerprint density at radius 2 is 2.17 bits per heavy atom. The maximum atomic E-state index is 11.9. The minimum atomic E-state index is 0.0821. The molecule has 18 heavy (non-hydrogen) atoms. The summed E-state index contributed by atoms with van der Waals surface area (Å²) in [4.78, 5) is 15.5. The summed E-state index contributed by atoms with van der Waals surface area (Å²) in [6, 6.07) is 8.31. The fraction of sp³-hybridized carbons (Fsp3) is 0.500. The molecule has 98 valence electrons. The molecule has 4 heteroatoms. The Labute approximate surface area is 108 Å². The number of nitrogens with two attached hydrogens (primary N) is 1. The van der Waals surface area contributed by atoms with Crippen molar-refractivity contribution in [2.75, 3.05) is 31.6 Å². The fourth-order valence-electron chi connectivity index (χ4n) is 2.30. The summed E-state index contributed by atoms with van der Waals surface area (Å²) in [7, 11) is 1.84. The minimum Gasteiger partial charge on any atom is -0.330 e. The zero-order chi connectivity index (χ0) is 13.1. The third-order valence-corrected chi connectivity index (χ3v) is 3.57. The first-order valence-electron chi connectivity index (χ1n) is 6.46. The number of nitrogens with zero attached hydrogens (tertiary/aromatic N) is 2. The molecule has 0 bridgehead atoms. The second kappa shape index (κ2) is 5.40. The predicted molar refractivity (Wildman–Crippen MR) is 73.9 cm³/mol. The first-order chi connectivity index (χ1) is 8.63. The lowest BCUT2D eigenvalue weighted by Crippen LogP contribution is -2.29. The van der Waals surface area contributed by atoms with E-state index in [1.807, 2.05) is 24.1 Å². The quantitative estimate of drug-likeness (QED) is 0.884. The molecule has 1 fully saturated rings. The van der Waals surface area contributed by atoms with Crippen LogP contribution in [-0.4, -0.2) is 37.6 Å². The van der Waals surface area contributed by atoms with Crippen LogP contribution >= 0.6 is 0 Å². The van der Waals surface area contributed by atoms with E-state index in [0.717, 1.165) is 25.2 Å². The van der Waals surface area contributed by atoms with Crippen molar-refractivity contribution in [1.29, 1.82) is 0 Å². The smallest absolute Gasteiger partial charge is 0.324 e. The van der Waals surface area contributed by atoms with E-state index >= 15 is 0 Å². The Kier molecular flexibility index (Phi) is 3.87. The number of carbonyl (C=O) groups excluding carboxylic acids is 1. The molecule has 1 unspecified atom stereocenters. The van der Waals surface area contributed by atoms with Gasteiger partial charge in [0.25, 0.3) is 0 Å². The first-order valence-corrected chi connectivity index (χ1v) is 6.46. The monoisotopic (exact) mass is 247 g/mol. The summed E-state index contributed by atoms with van der Waals surface area (Å²) in [6.45, 7) is 4.42. The highest BCUT2D eigenvalue weighted by Crippen LogP contribution is 2.25. The number of rotatable bonds is 4.